The van der Waals surface area contributed by atoms with Gasteiger partial charge in [-0.1, -0.05) is 0 Å². The van der Waals surface area contributed by atoms with Gasteiger partial charge in [0.1, 0.15) is 5.75 Å². The van der Waals surface area contributed by atoms with Crippen molar-refractivity contribution in [1.29, 1.82) is 0 Å². The first kappa shape index (κ1) is 12.2. The van der Waals surface area contributed by atoms with E-state index < -0.39 is 6.09 Å². The Bertz CT molecular complexity index is 377. The first-order valence-electron chi connectivity index (χ1n) is 4.94. The molecule has 0 radical (unpaired) electrons. The molecule has 0 saturated carbocycles. The predicted molar refractivity (Wildman–Crippen MR) is 62.6 cm³/mol. The zero-order valence-corrected chi connectivity index (χ0v) is 9.61. The Hall–Kier alpha value is -1.91. The number of carbonyl (C=O) groups excluding carboxylic acids is 1. The molecule has 0 heterocycles. The molecule has 0 unspecified atom stereocenters. The highest BCUT2D eigenvalue weighted by Gasteiger charge is 2.08. The lowest BCUT2D eigenvalue weighted by atomic mass is 10.2. The third-order valence-corrected chi connectivity index (χ3v) is 1.84. The molecule has 1 aromatic carbocycles. The van der Waals surface area contributed by atoms with Gasteiger partial charge >= 0.3 is 6.09 Å². The first-order valence-corrected chi connectivity index (χ1v) is 4.94. The van der Waals surface area contributed by atoms with Crippen LogP contribution in [0.15, 0.2) is 18.2 Å². The van der Waals surface area contributed by atoms with Crippen molar-refractivity contribution in [2.45, 2.75) is 20.0 Å². The fraction of sp³-hybridized carbons (Fsp3) is 0.364. The Kier molecular flexibility index (Phi) is 3.99. The van der Waals surface area contributed by atoms with E-state index in [4.69, 9.17) is 15.2 Å². The summed E-state index contributed by atoms with van der Waals surface area (Å²) in [7, 11) is 1.54. The summed E-state index contributed by atoms with van der Waals surface area (Å²) < 4.78 is 9.96. The number of hydrogen-bond donors (Lipinski definition) is 2. The molecule has 1 rings (SSSR count). The van der Waals surface area contributed by atoms with Crippen LogP contribution in [0.25, 0.3) is 0 Å². The van der Waals surface area contributed by atoms with E-state index in [1.165, 1.54) is 0 Å². The highest BCUT2D eigenvalue weighted by molar-refractivity contribution is 5.89. The number of ether oxygens (including phenoxy) is 2. The van der Waals surface area contributed by atoms with E-state index in [1.807, 2.05) is 0 Å². The Morgan fingerprint density at radius 2 is 2.12 bits per heavy atom. The minimum absolute atomic E-state index is 0.174. The molecular weight excluding hydrogens is 208 g/mol. The summed E-state index contributed by atoms with van der Waals surface area (Å²) in [5, 5.41) is 2.55. The number of carbonyl (C=O) groups is 1. The molecule has 16 heavy (non-hydrogen) atoms. The van der Waals surface area contributed by atoms with Gasteiger partial charge in [0.15, 0.2) is 0 Å². The normalized spacial score (nSPS) is 10.0. The molecule has 0 aromatic heterocycles. The van der Waals surface area contributed by atoms with Gasteiger partial charge in [-0.15, -0.1) is 0 Å². The van der Waals surface area contributed by atoms with Crippen LogP contribution in [-0.4, -0.2) is 19.3 Å². The van der Waals surface area contributed by atoms with Crippen molar-refractivity contribution in [3.8, 4) is 5.75 Å². The first-order chi connectivity index (χ1) is 7.52. The highest BCUT2D eigenvalue weighted by atomic mass is 16.6. The molecule has 0 fully saturated rings. The summed E-state index contributed by atoms with van der Waals surface area (Å²) in [6.07, 6.45) is -0.707. The summed E-state index contributed by atoms with van der Waals surface area (Å²) in [6.45, 7) is 3.54. The van der Waals surface area contributed by atoms with Gasteiger partial charge in [0.2, 0.25) is 0 Å². The van der Waals surface area contributed by atoms with E-state index in [-0.39, 0.29) is 6.10 Å². The van der Waals surface area contributed by atoms with Crippen LogP contribution in [0.4, 0.5) is 16.2 Å². The molecule has 88 valence electrons. The van der Waals surface area contributed by atoms with Crippen LogP contribution in [0.1, 0.15) is 13.8 Å². The topological polar surface area (TPSA) is 73.6 Å². The largest absolute Gasteiger partial charge is 0.497 e. The van der Waals surface area contributed by atoms with Crippen molar-refractivity contribution in [2.75, 3.05) is 18.2 Å². The van der Waals surface area contributed by atoms with Crippen LogP contribution < -0.4 is 15.8 Å². The van der Waals surface area contributed by atoms with Gasteiger partial charge in [-0.25, -0.2) is 4.79 Å². The van der Waals surface area contributed by atoms with Gasteiger partial charge in [0.05, 0.1) is 24.6 Å². The van der Waals surface area contributed by atoms with Crippen LogP contribution in [0.2, 0.25) is 0 Å². The van der Waals surface area contributed by atoms with E-state index in [9.17, 15) is 4.79 Å². The maximum Gasteiger partial charge on any atom is 0.411 e. The second-order valence-electron chi connectivity index (χ2n) is 3.53. The van der Waals surface area contributed by atoms with E-state index >= 15 is 0 Å². The van der Waals surface area contributed by atoms with Crippen molar-refractivity contribution in [3.05, 3.63) is 18.2 Å². The van der Waals surface area contributed by atoms with Gasteiger partial charge in [0.25, 0.3) is 0 Å². The molecule has 0 aliphatic heterocycles. The minimum atomic E-state index is -0.532. The standard InChI is InChI=1S/C11H16N2O3/c1-7(2)16-11(14)13-10-6-8(15-3)4-5-9(10)12/h4-7H,12H2,1-3H3,(H,13,14). The lowest BCUT2D eigenvalue weighted by molar-refractivity contribution is 0.130. The molecule has 0 atom stereocenters. The average molecular weight is 224 g/mol. The molecular formula is C11H16N2O3. The van der Waals surface area contributed by atoms with Crippen molar-refractivity contribution in [3.63, 3.8) is 0 Å². The van der Waals surface area contributed by atoms with Crippen LogP contribution >= 0.6 is 0 Å². The lowest BCUT2D eigenvalue weighted by Gasteiger charge is -2.12. The van der Waals surface area contributed by atoms with Crippen molar-refractivity contribution in [1.82, 2.24) is 0 Å². The average Bonchev–Trinajstić information content (AvgIpc) is 2.20. The summed E-state index contributed by atoms with van der Waals surface area (Å²) in [5.41, 5.74) is 6.63. The van der Waals surface area contributed by atoms with Crippen molar-refractivity contribution in [2.24, 2.45) is 0 Å². The van der Waals surface area contributed by atoms with Gasteiger partial charge in [-0.2, -0.15) is 0 Å². The van der Waals surface area contributed by atoms with E-state index in [0.29, 0.717) is 17.1 Å². The second-order valence-corrected chi connectivity index (χ2v) is 3.53. The van der Waals surface area contributed by atoms with Crippen LogP contribution in [0.5, 0.6) is 5.75 Å². The zero-order chi connectivity index (χ0) is 12.1. The van der Waals surface area contributed by atoms with E-state index in [2.05, 4.69) is 5.32 Å². The molecule has 0 bridgehead atoms. The molecule has 1 amide bonds. The second kappa shape index (κ2) is 5.25. The molecule has 5 heteroatoms. The van der Waals surface area contributed by atoms with Gasteiger partial charge < -0.3 is 15.2 Å². The van der Waals surface area contributed by atoms with Crippen LogP contribution in [-0.2, 0) is 4.74 Å². The molecule has 0 saturated heterocycles. The number of rotatable bonds is 3. The molecule has 0 aliphatic rings. The summed E-state index contributed by atoms with van der Waals surface area (Å²) in [4.78, 5) is 11.3. The maximum atomic E-state index is 11.3. The van der Waals surface area contributed by atoms with E-state index in [0.717, 1.165) is 0 Å². The summed E-state index contributed by atoms with van der Waals surface area (Å²) in [5.74, 6) is 0.619. The van der Waals surface area contributed by atoms with Gasteiger partial charge in [0, 0.05) is 6.07 Å². The Morgan fingerprint density at radius 3 is 2.69 bits per heavy atom. The number of hydrogen-bond acceptors (Lipinski definition) is 4. The smallest absolute Gasteiger partial charge is 0.411 e. The van der Waals surface area contributed by atoms with Crippen molar-refractivity contribution >= 4 is 17.5 Å². The van der Waals surface area contributed by atoms with Crippen LogP contribution in [0.3, 0.4) is 0 Å². The Labute approximate surface area is 94.5 Å². The van der Waals surface area contributed by atoms with E-state index in [1.54, 1.807) is 39.2 Å². The third kappa shape index (κ3) is 3.34. The molecule has 0 spiro atoms. The third-order valence-electron chi connectivity index (χ3n) is 1.84. The number of nitrogens with two attached hydrogens (primary N) is 1. The number of amides is 1. The number of benzene rings is 1. The number of nitrogen functional groups attached to an aromatic ring is 1. The van der Waals surface area contributed by atoms with Gasteiger partial charge in [-0.05, 0) is 26.0 Å². The molecule has 5 nitrogen and oxygen atoms in total. The monoisotopic (exact) mass is 224 g/mol. The Balaban J connectivity index is 2.75. The number of anilines is 2. The minimum Gasteiger partial charge on any atom is -0.497 e. The SMILES string of the molecule is COc1ccc(N)c(NC(=O)OC(C)C)c1. The quantitative estimate of drug-likeness (QED) is 0.772. The Morgan fingerprint density at radius 1 is 1.44 bits per heavy atom. The number of nitrogens with one attached hydrogen (secondary N) is 1. The molecule has 3 N–H and O–H groups in total. The summed E-state index contributed by atoms with van der Waals surface area (Å²) >= 11 is 0. The molecule has 1 aromatic rings. The molecule has 0 aliphatic carbocycles. The van der Waals surface area contributed by atoms with Crippen LogP contribution in [0, 0.1) is 0 Å². The maximum absolute atomic E-state index is 11.3. The zero-order valence-electron chi connectivity index (χ0n) is 9.61. The van der Waals surface area contributed by atoms with Gasteiger partial charge in [-0.3, -0.25) is 5.32 Å². The predicted octanol–water partition coefficient (Wildman–Crippen LogP) is 2.23. The highest BCUT2D eigenvalue weighted by Crippen LogP contribution is 2.24. The number of methoxy groups -OCH3 is 1. The fourth-order valence-corrected chi connectivity index (χ4v) is 1.12. The lowest BCUT2D eigenvalue weighted by Crippen LogP contribution is -2.18. The fourth-order valence-electron chi connectivity index (χ4n) is 1.12. The summed E-state index contributed by atoms with van der Waals surface area (Å²) in [6, 6.07) is 5.01. The van der Waals surface area contributed by atoms with Crippen molar-refractivity contribution < 1.29 is 14.3 Å².